The van der Waals surface area contributed by atoms with E-state index in [-0.39, 0.29) is 37.7 Å². The Bertz CT molecular complexity index is 558. The Balaban J connectivity index is 4.72. The molecule has 0 amide bonds. The molecule has 0 rings (SSSR count). The fourth-order valence-electron chi connectivity index (χ4n) is 4.32. The maximum atomic E-state index is 12.4. The molecule has 0 aliphatic heterocycles. The van der Waals surface area contributed by atoms with E-state index in [0.717, 1.165) is 57.8 Å². The maximum absolute atomic E-state index is 12.4. The van der Waals surface area contributed by atoms with Gasteiger partial charge in [0, 0.05) is 19.3 Å². The highest BCUT2D eigenvalue weighted by Gasteiger charge is 2.34. The van der Waals surface area contributed by atoms with Crippen molar-refractivity contribution in [2.75, 3.05) is 19.8 Å². The van der Waals surface area contributed by atoms with Crippen molar-refractivity contribution in [2.45, 2.75) is 163 Å². The second-order valence-electron chi connectivity index (χ2n) is 11.0. The minimum absolute atomic E-state index is 0.0891. The van der Waals surface area contributed by atoms with E-state index in [9.17, 15) is 14.4 Å². The maximum Gasteiger partial charge on any atom is 0.305 e. The van der Waals surface area contributed by atoms with Crippen LogP contribution in [0.2, 0.25) is 0 Å². The second kappa shape index (κ2) is 25.7. The van der Waals surface area contributed by atoms with E-state index in [2.05, 4.69) is 20.8 Å². The number of carbonyl (C=O) groups is 3. The van der Waals surface area contributed by atoms with Crippen molar-refractivity contribution in [3.8, 4) is 0 Å². The van der Waals surface area contributed by atoms with Gasteiger partial charge >= 0.3 is 17.9 Å². The largest absolute Gasteiger partial charge is 0.465 e. The van der Waals surface area contributed by atoms with Crippen LogP contribution in [0.5, 0.6) is 0 Å². The molecule has 6 heteroatoms. The number of esters is 3. The molecule has 6 nitrogen and oxygen atoms in total. The van der Waals surface area contributed by atoms with Crippen molar-refractivity contribution in [3.05, 3.63) is 0 Å². The SMILES string of the molecule is CCCCCCCCCC(=O)OCC(CC)(COC(=O)CCCCCCC)COC(=O)CCCCCCC. The van der Waals surface area contributed by atoms with E-state index in [1.807, 2.05) is 6.92 Å². The summed E-state index contributed by atoms with van der Waals surface area (Å²) in [6.07, 6.45) is 20.4. The van der Waals surface area contributed by atoms with E-state index in [1.54, 1.807) is 0 Å². The summed E-state index contributed by atoms with van der Waals surface area (Å²) in [7, 11) is 0. The number of hydrogen-bond acceptors (Lipinski definition) is 6. The van der Waals surface area contributed by atoms with E-state index >= 15 is 0 Å². The lowest BCUT2D eigenvalue weighted by atomic mass is 9.88. The van der Waals surface area contributed by atoms with E-state index < -0.39 is 5.41 Å². The molecule has 0 fully saturated rings. The first kappa shape index (κ1) is 36.4. The van der Waals surface area contributed by atoms with Crippen LogP contribution in [0.25, 0.3) is 0 Å². The number of rotatable bonds is 27. The number of unbranched alkanes of at least 4 members (excludes halogenated alkanes) is 14. The minimum atomic E-state index is -0.717. The zero-order chi connectivity index (χ0) is 28.3. The molecule has 0 bridgehead atoms. The molecule has 0 saturated carbocycles. The van der Waals surface area contributed by atoms with Crippen molar-refractivity contribution in [3.63, 3.8) is 0 Å². The molecule has 0 heterocycles. The summed E-state index contributed by atoms with van der Waals surface area (Å²) in [6.45, 7) is 8.77. The van der Waals surface area contributed by atoms with Crippen LogP contribution in [0.15, 0.2) is 0 Å². The van der Waals surface area contributed by atoms with Crippen molar-refractivity contribution in [1.29, 1.82) is 0 Å². The van der Waals surface area contributed by atoms with Crippen LogP contribution in [0.3, 0.4) is 0 Å². The molecule has 0 radical (unpaired) electrons. The molecule has 0 aromatic carbocycles. The molecule has 0 aromatic rings. The van der Waals surface area contributed by atoms with Gasteiger partial charge in [0.15, 0.2) is 0 Å². The van der Waals surface area contributed by atoms with Crippen LogP contribution < -0.4 is 0 Å². The van der Waals surface area contributed by atoms with Gasteiger partial charge < -0.3 is 14.2 Å². The van der Waals surface area contributed by atoms with Gasteiger partial charge in [-0.25, -0.2) is 0 Å². The van der Waals surface area contributed by atoms with E-state index in [1.165, 1.54) is 51.4 Å². The molecular weight excluding hydrogens is 480 g/mol. The van der Waals surface area contributed by atoms with Crippen LogP contribution >= 0.6 is 0 Å². The first-order valence-corrected chi connectivity index (χ1v) is 15.9. The lowest BCUT2D eigenvalue weighted by Crippen LogP contribution is -2.39. The summed E-state index contributed by atoms with van der Waals surface area (Å²) in [5.41, 5.74) is -0.717. The zero-order valence-corrected chi connectivity index (χ0v) is 25.4. The quantitative estimate of drug-likeness (QED) is 0.0588. The average Bonchev–Trinajstić information content (AvgIpc) is 2.92. The van der Waals surface area contributed by atoms with Gasteiger partial charge in [0.1, 0.15) is 19.8 Å². The Morgan fingerprint density at radius 2 is 0.684 bits per heavy atom. The molecule has 0 atom stereocenters. The van der Waals surface area contributed by atoms with Gasteiger partial charge in [-0.15, -0.1) is 0 Å². The molecular formula is C32H60O6. The van der Waals surface area contributed by atoms with Crippen molar-refractivity contribution in [2.24, 2.45) is 5.41 Å². The molecule has 0 saturated heterocycles. The molecule has 0 spiro atoms. The minimum Gasteiger partial charge on any atom is -0.465 e. The Hall–Kier alpha value is -1.59. The Morgan fingerprint density at radius 1 is 0.421 bits per heavy atom. The zero-order valence-electron chi connectivity index (χ0n) is 25.4. The molecule has 0 N–H and O–H groups in total. The normalized spacial score (nSPS) is 11.4. The van der Waals surface area contributed by atoms with Crippen molar-refractivity contribution >= 4 is 17.9 Å². The van der Waals surface area contributed by atoms with Crippen LogP contribution in [0.4, 0.5) is 0 Å². The second-order valence-corrected chi connectivity index (χ2v) is 11.0. The van der Waals surface area contributed by atoms with Crippen LogP contribution in [0, 0.1) is 5.41 Å². The highest BCUT2D eigenvalue weighted by atomic mass is 16.6. The molecule has 224 valence electrons. The van der Waals surface area contributed by atoms with Gasteiger partial charge in [0.25, 0.3) is 0 Å². The van der Waals surface area contributed by atoms with E-state index in [4.69, 9.17) is 14.2 Å². The lowest BCUT2D eigenvalue weighted by molar-refractivity contribution is -0.162. The summed E-state index contributed by atoms with van der Waals surface area (Å²) in [6, 6.07) is 0. The lowest BCUT2D eigenvalue weighted by Gasteiger charge is -2.31. The van der Waals surface area contributed by atoms with Gasteiger partial charge in [-0.3, -0.25) is 14.4 Å². The third-order valence-corrected chi connectivity index (χ3v) is 7.32. The topological polar surface area (TPSA) is 78.9 Å². The van der Waals surface area contributed by atoms with Crippen LogP contribution in [-0.2, 0) is 28.6 Å². The monoisotopic (exact) mass is 540 g/mol. The van der Waals surface area contributed by atoms with Crippen LogP contribution in [-0.4, -0.2) is 37.7 Å². The molecule has 38 heavy (non-hydrogen) atoms. The predicted octanol–water partition coefficient (Wildman–Crippen LogP) is 8.87. The highest BCUT2D eigenvalue weighted by Crippen LogP contribution is 2.25. The molecule has 0 unspecified atom stereocenters. The first-order valence-electron chi connectivity index (χ1n) is 15.9. The smallest absolute Gasteiger partial charge is 0.305 e. The summed E-state index contributed by atoms with van der Waals surface area (Å²) < 4.78 is 16.9. The third kappa shape index (κ3) is 21.4. The van der Waals surface area contributed by atoms with Gasteiger partial charge in [-0.05, 0) is 25.7 Å². The summed E-state index contributed by atoms with van der Waals surface area (Å²) in [5, 5.41) is 0. The van der Waals surface area contributed by atoms with Gasteiger partial charge in [0.2, 0.25) is 0 Å². The number of carbonyl (C=O) groups excluding carboxylic acids is 3. The third-order valence-electron chi connectivity index (χ3n) is 7.32. The van der Waals surface area contributed by atoms with Crippen LogP contribution in [0.1, 0.15) is 163 Å². The summed E-state index contributed by atoms with van der Waals surface area (Å²) in [5.74, 6) is -0.715. The summed E-state index contributed by atoms with van der Waals surface area (Å²) >= 11 is 0. The van der Waals surface area contributed by atoms with Gasteiger partial charge in [0.05, 0.1) is 5.41 Å². The highest BCUT2D eigenvalue weighted by molar-refractivity contribution is 5.70. The fourth-order valence-corrected chi connectivity index (χ4v) is 4.32. The van der Waals surface area contributed by atoms with Gasteiger partial charge in [-0.1, -0.05) is 118 Å². The Kier molecular flexibility index (Phi) is 24.6. The summed E-state index contributed by atoms with van der Waals surface area (Å²) in [4.78, 5) is 37.2. The van der Waals surface area contributed by atoms with Crippen molar-refractivity contribution < 1.29 is 28.6 Å². The van der Waals surface area contributed by atoms with Gasteiger partial charge in [-0.2, -0.15) is 0 Å². The van der Waals surface area contributed by atoms with E-state index in [0.29, 0.717) is 25.7 Å². The number of ether oxygens (including phenoxy) is 3. The van der Waals surface area contributed by atoms with Crippen molar-refractivity contribution in [1.82, 2.24) is 0 Å². The Morgan fingerprint density at radius 3 is 0.947 bits per heavy atom. The molecule has 0 aromatic heterocycles. The first-order chi connectivity index (χ1) is 18.4. The number of hydrogen-bond donors (Lipinski definition) is 0. The fraction of sp³-hybridized carbons (Fsp3) is 0.906. The molecule has 0 aliphatic rings. The predicted molar refractivity (Wildman–Crippen MR) is 155 cm³/mol. The standard InChI is InChI=1S/C32H60O6/c1-5-9-12-15-16-19-22-25-31(35)38-28-32(8-4,26-36-29(33)23-20-17-13-10-6-2)27-37-30(34)24-21-18-14-11-7-3/h5-28H2,1-4H3. The average molecular weight is 541 g/mol. The Labute approximate surface area is 234 Å². The molecule has 0 aliphatic carbocycles.